The van der Waals surface area contributed by atoms with Crippen LogP contribution in [-0.2, 0) is 21.4 Å². The van der Waals surface area contributed by atoms with Gasteiger partial charge in [0.1, 0.15) is 6.04 Å². The van der Waals surface area contributed by atoms with E-state index in [-0.39, 0.29) is 18.9 Å². The quantitative estimate of drug-likeness (QED) is 0.637. The van der Waals surface area contributed by atoms with Gasteiger partial charge in [-0.2, -0.15) is 13.1 Å². The minimum atomic E-state index is -3.81. The number of carbonyl (C=O) groups is 1. The van der Waals surface area contributed by atoms with Gasteiger partial charge in [0, 0.05) is 6.54 Å². The van der Waals surface area contributed by atoms with Crippen LogP contribution in [0, 0.1) is 5.92 Å². The molecule has 0 radical (unpaired) electrons. The van der Waals surface area contributed by atoms with Crippen LogP contribution in [0.1, 0.15) is 25.8 Å². The minimum Gasteiger partial charge on any atom is -0.480 e. The Morgan fingerprint density at radius 1 is 1.24 bits per heavy atom. The van der Waals surface area contributed by atoms with Crippen molar-refractivity contribution in [1.82, 2.24) is 9.44 Å². The molecule has 0 spiro atoms. The molecule has 0 heterocycles. The lowest BCUT2D eigenvalue weighted by atomic mass is 10.1. The highest BCUT2D eigenvalue weighted by Crippen LogP contribution is 2.06. The van der Waals surface area contributed by atoms with Gasteiger partial charge in [-0.3, -0.25) is 4.79 Å². The Morgan fingerprint density at radius 2 is 1.86 bits per heavy atom. The van der Waals surface area contributed by atoms with Crippen molar-refractivity contribution in [3.05, 3.63) is 35.9 Å². The fourth-order valence-corrected chi connectivity index (χ4v) is 2.92. The van der Waals surface area contributed by atoms with Crippen LogP contribution in [0.3, 0.4) is 0 Å². The summed E-state index contributed by atoms with van der Waals surface area (Å²) < 4.78 is 28.1. The summed E-state index contributed by atoms with van der Waals surface area (Å²) in [5.74, 6) is -1.03. The lowest BCUT2D eigenvalue weighted by molar-refractivity contribution is -0.139. The molecule has 0 aromatic heterocycles. The third-order valence-electron chi connectivity index (χ3n) is 2.84. The summed E-state index contributed by atoms with van der Waals surface area (Å²) in [5.41, 5.74) is 0.970. The molecular formula is C14H22N2O4S. The molecule has 1 rings (SSSR count). The topological polar surface area (TPSA) is 95.5 Å². The molecule has 7 heteroatoms. The molecule has 1 aromatic carbocycles. The van der Waals surface area contributed by atoms with Gasteiger partial charge in [-0.25, -0.2) is 4.72 Å². The molecule has 0 aliphatic rings. The lowest BCUT2D eigenvalue weighted by Gasteiger charge is -2.16. The van der Waals surface area contributed by atoms with E-state index in [2.05, 4.69) is 9.44 Å². The van der Waals surface area contributed by atoms with E-state index in [1.54, 1.807) is 0 Å². The fourth-order valence-electron chi connectivity index (χ4n) is 1.69. The average molecular weight is 314 g/mol. The zero-order chi connectivity index (χ0) is 15.9. The van der Waals surface area contributed by atoms with Crippen LogP contribution in [0.4, 0.5) is 0 Å². The zero-order valence-electron chi connectivity index (χ0n) is 12.2. The molecule has 0 aliphatic carbocycles. The van der Waals surface area contributed by atoms with Crippen molar-refractivity contribution in [2.45, 2.75) is 32.7 Å². The number of carboxylic acid groups (broad SMARTS) is 1. The molecule has 0 saturated heterocycles. The summed E-state index contributed by atoms with van der Waals surface area (Å²) in [6.45, 7) is 4.00. The number of rotatable bonds is 9. The SMILES string of the molecule is CC(C)CNS(=O)(=O)NC(CCc1ccccc1)C(=O)O. The maximum absolute atomic E-state index is 11.8. The first-order chi connectivity index (χ1) is 9.80. The number of nitrogens with one attached hydrogen (secondary N) is 2. The van der Waals surface area contributed by atoms with Gasteiger partial charge >= 0.3 is 5.97 Å². The number of aryl methyl sites for hydroxylation is 1. The van der Waals surface area contributed by atoms with E-state index >= 15 is 0 Å². The van der Waals surface area contributed by atoms with Crippen molar-refractivity contribution in [2.75, 3.05) is 6.54 Å². The molecular weight excluding hydrogens is 292 g/mol. The van der Waals surface area contributed by atoms with Crippen molar-refractivity contribution in [1.29, 1.82) is 0 Å². The van der Waals surface area contributed by atoms with Crippen LogP contribution < -0.4 is 9.44 Å². The second-order valence-electron chi connectivity index (χ2n) is 5.28. The van der Waals surface area contributed by atoms with Crippen molar-refractivity contribution in [3.63, 3.8) is 0 Å². The molecule has 6 nitrogen and oxygen atoms in total. The Labute approximate surface area is 125 Å². The molecule has 3 N–H and O–H groups in total. The second-order valence-corrected chi connectivity index (χ2v) is 6.81. The fraction of sp³-hybridized carbons (Fsp3) is 0.500. The Bertz CT molecular complexity index is 543. The Kier molecular flexibility index (Phi) is 6.80. The van der Waals surface area contributed by atoms with Crippen LogP contribution in [0.5, 0.6) is 0 Å². The predicted octanol–water partition coefficient (Wildman–Crippen LogP) is 1.15. The average Bonchev–Trinajstić information content (AvgIpc) is 2.42. The summed E-state index contributed by atoms with van der Waals surface area (Å²) >= 11 is 0. The smallest absolute Gasteiger partial charge is 0.321 e. The van der Waals surface area contributed by atoms with Gasteiger partial charge < -0.3 is 5.11 Å². The first-order valence-corrected chi connectivity index (χ1v) is 8.32. The van der Waals surface area contributed by atoms with Crippen LogP contribution in [0.2, 0.25) is 0 Å². The van der Waals surface area contributed by atoms with Gasteiger partial charge in [0.15, 0.2) is 0 Å². The third-order valence-corrected chi connectivity index (χ3v) is 3.98. The van der Waals surface area contributed by atoms with E-state index in [1.807, 2.05) is 44.2 Å². The molecule has 1 unspecified atom stereocenters. The van der Waals surface area contributed by atoms with Gasteiger partial charge in [-0.1, -0.05) is 44.2 Å². The van der Waals surface area contributed by atoms with Gasteiger partial charge in [0.2, 0.25) is 0 Å². The van der Waals surface area contributed by atoms with Crippen LogP contribution in [0.25, 0.3) is 0 Å². The van der Waals surface area contributed by atoms with E-state index in [4.69, 9.17) is 5.11 Å². The maximum Gasteiger partial charge on any atom is 0.321 e. The highest BCUT2D eigenvalue weighted by molar-refractivity contribution is 7.87. The molecule has 1 aromatic rings. The summed E-state index contributed by atoms with van der Waals surface area (Å²) in [7, 11) is -3.81. The standard InChI is InChI=1S/C14H22N2O4S/c1-11(2)10-15-21(19,20)16-13(14(17)18)9-8-12-6-4-3-5-7-12/h3-7,11,13,15-16H,8-10H2,1-2H3,(H,17,18). The molecule has 0 amide bonds. The number of hydrogen-bond acceptors (Lipinski definition) is 3. The minimum absolute atomic E-state index is 0.147. The molecule has 0 saturated carbocycles. The van der Waals surface area contributed by atoms with Gasteiger partial charge in [-0.15, -0.1) is 0 Å². The molecule has 0 fully saturated rings. The van der Waals surface area contributed by atoms with Gasteiger partial charge in [-0.05, 0) is 24.3 Å². The van der Waals surface area contributed by atoms with Crippen molar-refractivity contribution >= 4 is 16.2 Å². The molecule has 1 atom stereocenters. The number of hydrogen-bond donors (Lipinski definition) is 3. The second kappa shape index (κ2) is 8.11. The molecule has 21 heavy (non-hydrogen) atoms. The van der Waals surface area contributed by atoms with E-state index in [0.29, 0.717) is 6.42 Å². The van der Waals surface area contributed by atoms with Gasteiger partial charge in [0.25, 0.3) is 10.2 Å². The first kappa shape index (κ1) is 17.6. The molecule has 118 valence electrons. The monoisotopic (exact) mass is 314 g/mol. The summed E-state index contributed by atoms with van der Waals surface area (Å²) in [6.07, 6.45) is 0.687. The van der Waals surface area contributed by atoms with Gasteiger partial charge in [0.05, 0.1) is 0 Å². The highest BCUT2D eigenvalue weighted by atomic mass is 32.2. The van der Waals surface area contributed by atoms with Crippen LogP contribution in [-0.4, -0.2) is 32.1 Å². The lowest BCUT2D eigenvalue weighted by Crippen LogP contribution is -2.47. The van der Waals surface area contributed by atoms with E-state index < -0.39 is 22.2 Å². The van der Waals surface area contributed by atoms with E-state index in [1.165, 1.54) is 0 Å². The van der Waals surface area contributed by atoms with Crippen molar-refractivity contribution in [2.24, 2.45) is 5.92 Å². The molecule has 0 aliphatic heterocycles. The number of aliphatic carboxylic acids is 1. The van der Waals surface area contributed by atoms with Crippen molar-refractivity contribution < 1.29 is 18.3 Å². The molecule has 0 bridgehead atoms. The third kappa shape index (κ3) is 7.22. The first-order valence-electron chi connectivity index (χ1n) is 6.84. The van der Waals surface area contributed by atoms with E-state index in [0.717, 1.165) is 5.56 Å². The maximum atomic E-state index is 11.8. The summed E-state index contributed by atoms with van der Waals surface area (Å²) in [4.78, 5) is 11.2. The summed E-state index contributed by atoms with van der Waals surface area (Å²) in [6, 6.07) is 8.21. The van der Waals surface area contributed by atoms with Crippen LogP contribution in [0.15, 0.2) is 30.3 Å². The predicted molar refractivity (Wildman–Crippen MR) is 81.1 cm³/mol. The van der Waals surface area contributed by atoms with Crippen molar-refractivity contribution in [3.8, 4) is 0 Å². The van der Waals surface area contributed by atoms with E-state index in [9.17, 15) is 13.2 Å². The number of benzene rings is 1. The summed E-state index contributed by atoms with van der Waals surface area (Å²) in [5, 5.41) is 9.14. The largest absolute Gasteiger partial charge is 0.480 e. The number of carboxylic acids is 1. The Morgan fingerprint density at radius 3 is 2.38 bits per heavy atom. The van der Waals surface area contributed by atoms with Crippen LogP contribution >= 0.6 is 0 Å². The highest BCUT2D eigenvalue weighted by Gasteiger charge is 2.23. The zero-order valence-corrected chi connectivity index (χ0v) is 13.1. The Balaban J connectivity index is 2.59. The normalized spacial score (nSPS) is 13.3. The Hall–Kier alpha value is -1.44.